The van der Waals surface area contributed by atoms with Crippen molar-refractivity contribution in [3.63, 3.8) is 0 Å². The van der Waals surface area contributed by atoms with Gasteiger partial charge in [0.1, 0.15) is 0 Å². The summed E-state index contributed by atoms with van der Waals surface area (Å²) in [4.78, 5) is 15.2. The molecule has 0 atom stereocenters. The van der Waals surface area contributed by atoms with Crippen LogP contribution in [-0.2, 0) is 11.3 Å². The van der Waals surface area contributed by atoms with Gasteiger partial charge in [0, 0.05) is 47.4 Å². The molecule has 7 heteroatoms. The molecule has 4 rings (SSSR count). The highest BCUT2D eigenvalue weighted by Crippen LogP contribution is 2.28. The van der Waals surface area contributed by atoms with Crippen LogP contribution in [0, 0.1) is 6.92 Å². The largest absolute Gasteiger partial charge is 0.481 e. The van der Waals surface area contributed by atoms with Gasteiger partial charge in [-0.3, -0.25) is 4.79 Å². The van der Waals surface area contributed by atoms with Gasteiger partial charge in [0.25, 0.3) is 5.89 Å². The molecule has 0 saturated carbocycles. The van der Waals surface area contributed by atoms with E-state index in [1.54, 1.807) is 0 Å². The maximum absolute atomic E-state index is 10.6. The first kappa shape index (κ1) is 20.8. The lowest BCUT2D eigenvalue weighted by Crippen LogP contribution is -2.17. The maximum Gasteiger partial charge on any atom is 0.304 e. The number of hydrogen-bond donors (Lipinski definition) is 2. The number of rotatable bonds is 8. The summed E-state index contributed by atoms with van der Waals surface area (Å²) >= 11 is 0. The van der Waals surface area contributed by atoms with Crippen LogP contribution in [0.2, 0.25) is 0 Å². The van der Waals surface area contributed by atoms with Crippen molar-refractivity contribution >= 4 is 16.9 Å². The zero-order valence-corrected chi connectivity index (χ0v) is 17.9. The van der Waals surface area contributed by atoms with Gasteiger partial charge >= 0.3 is 5.97 Å². The Labute approximate surface area is 180 Å². The summed E-state index contributed by atoms with van der Waals surface area (Å²) in [5, 5.41) is 17.2. The van der Waals surface area contributed by atoms with Crippen LogP contribution in [0.3, 0.4) is 0 Å². The summed E-state index contributed by atoms with van der Waals surface area (Å²) in [6.45, 7) is 7.39. The first-order valence-corrected chi connectivity index (χ1v) is 10.4. The summed E-state index contributed by atoms with van der Waals surface area (Å²) < 4.78 is 7.80. The van der Waals surface area contributed by atoms with Crippen LogP contribution in [0.5, 0.6) is 0 Å². The minimum Gasteiger partial charge on any atom is -0.481 e. The normalized spacial score (nSPS) is 11.5. The van der Waals surface area contributed by atoms with Gasteiger partial charge in [-0.1, -0.05) is 23.4 Å². The van der Waals surface area contributed by atoms with Crippen molar-refractivity contribution in [2.75, 3.05) is 6.54 Å². The smallest absolute Gasteiger partial charge is 0.304 e. The number of aryl methyl sites for hydroxylation is 1. The number of aromatic nitrogens is 3. The molecule has 0 fully saturated rings. The fourth-order valence-electron chi connectivity index (χ4n) is 3.71. The number of hydrogen-bond acceptors (Lipinski definition) is 5. The third kappa shape index (κ3) is 4.51. The molecule has 0 radical (unpaired) electrons. The number of carboxylic acids is 1. The Bertz CT molecular complexity index is 1220. The lowest BCUT2D eigenvalue weighted by Gasteiger charge is -2.09. The van der Waals surface area contributed by atoms with Gasteiger partial charge < -0.3 is 19.5 Å². The molecule has 0 amide bonds. The summed E-state index contributed by atoms with van der Waals surface area (Å²) in [5.41, 5.74) is 5.10. The molecule has 2 N–H and O–H groups in total. The number of carboxylic acid groups (broad SMARTS) is 1. The van der Waals surface area contributed by atoms with Crippen molar-refractivity contribution in [3.8, 4) is 22.8 Å². The topological polar surface area (TPSA) is 93.2 Å². The van der Waals surface area contributed by atoms with E-state index in [2.05, 4.69) is 64.3 Å². The molecule has 0 unspecified atom stereocenters. The van der Waals surface area contributed by atoms with Crippen molar-refractivity contribution in [1.29, 1.82) is 0 Å². The second kappa shape index (κ2) is 8.73. The van der Waals surface area contributed by atoms with Gasteiger partial charge in [0.15, 0.2) is 0 Å². The standard InChI is InChI=1S/C24H26N4O3/c1-15(2)28-11-9-18-13-19(5-7-21(18)28)24-26-23(27-31-24)20-6-4-17(12-16(20)3)14-25-10-8-22(29)30/h4-7,9,11-13,15,25H,8,10,14H2,1-3H3,(H,29,30). The summed E-state index contributed by atoms with van der Waals surface area (Å²) in [6.07, 6.45) is 2.20. The highest BCUT2D eigenvalue weighted by Gasteiger charge is 2.14. The van der Waals surface area contributed by atoms with E-state index in [1.165, 1.54) is 5.52 Å². The van der Waals surface area contributed by atoms with Crippen molar-refractivity contribution in [3.05, 3.63) is 59.8 Å². The number of carbonyl (C=O) groups is 1. The van der Waals surface area contributed by atoms with Crippen LogP contribution in [-0.4, -0.2) is 32.3 Å². The minimum absolute atomic E-state index is 0.108. The number of nitrogens with one attached hydrogen (secondary N) is 1. The lowest BCUT2D eigenvalue weighted by atomic mass is 10.0. The van der Waals surface area contributed by atoms with Gasteiger partial charge in [-0.15, -0.1) is 0 Å². The van der Waals surface area contributed by atoms with E-state index in [0.29, 0.717) is 30.8 Å². The monoisotopic (exact) mass is 418 g/mol. The molecular weight excluding hydrogens is 392 g/mol. The van der Waals surface area contributed by atoms with Crippen molar-refractivity contribution in [1.82, 2.24) is 20.0 Å². The molecule has 31 heavy (non-hydrogen) atoms. The van der Waals surface area contributed by atoms with Crippen LogP contribution < -0.4 is 5.32 Å². The van der Waals surface area contributed by atoms with E-state index in [1.807, 2.05) is 25.1 Å². The van der Waals surface area contributed by atoms with E-state index in [9.17, 15) is 4.79 Å². The van der Waals surface area contributed by atoms with Gasteiger partial charge in [-0.05, 0) is 56.2 Å². The highest BCUT2D eigenvalue weighted by molar-refractivity contribution is 5.84. The molecule has 0 saturated heterocycles. The van der Waals surface area contributed by atoms with Gasteiger partial charge in [-0.2, -0.15) is 4.98 Å². The zero-order valence-electron chi connectivity index (χ0n) is 17.9. The van der Waals surface area contributed by atoms with E-state index >= 15 is 0 Å². The predicted molar refractivity (Wildman–Crippen MR) is 120 cm³/mol. The SMILES string of the molecule is Cc1cc(CNCCC(=O)O)ccc1-c1noc(-c2ccc3c(ccn3C(C)C)c2)n1. The average Bonchev–Trinajstić information content (AvgIpc) is 3.38. The van der Waals surface area contributed by atoms with Gasteiger partial charge in [0.05, 0.1) is 6.42 Å². The quantitative estimate of drug-likeness (QED) is 0.399. The van der Waals surface area contributed by atoms with Crippen molar-refractivity contribution in [2.24, 2.45) is 0 Å². The molecule has 0 bridgehead atoms. The molecule has 0 spiro atoms. The van der Waals surface area contributed by atoms with Crippen LogP contribution >= 0.6 is 0 Å². The first-order chi connectivity index (χ1) is 14.9. The van der Waals surface area contributed by atoms with Crippen LogP contribution in [0.1, 0.15) is 37.4 Å². The molecule has 0 aliphatic carbocycles. The molecule has 0 aliphatic heterocycles. The summed E-state index contributed by atoms with van der Waals surface area (Å²) in [7, 11) is 0. The minimum atomic E-state index is -0.802. The Morgan fingerprint density at radius 3 is 2.77 bits per heavy atom. The second-order valence-electron chi connectivity index (χ2n) is 7.98. The van der Waals surface area contributed by atoms with Crippen LogP contribution in [0.15, 0.2) is 53.2 Å². The molecule has 160 valence electrons. The summed E-state index contributed by atoms with van der Waals surface area (Å²) in [6, 6.07) is 14.7. The highest BCUT2D eigenvalue weighted by atomic mass is 16.5. The van der Waals surface area contributed by atoms with E-state index in [4.69, 9.17) is 9.63 Å². The Morgan fingerprint density at radius 1 is 1.19 bits per heavy atom. The third-order valence-electron chi connectivity index (χ3n) is 5.33. The van der Waals surface area contributed by atoms with Crippen LogP contribution in [0.25, 0.3) is 33.7 Å². The predicted octanol–water partition coefficient (Wildman–Crippen LogP) is 4.81. The molecule has 7 nitrogen and oxygen atoms in total. The fraction of sp³-hybridized carbons (Fsp3) is 0.292. The van der Waals surface area contributed by atoms with Crippen molar-refractivity contribution < 1.29 is 14.4 Å². The maximum atomic E-state index is 10.6. The Kier molecular flexibility index (Phi) is 5.86. The Balaban J connectivity index is 1.52. The summed E-state index contributed by atoms with van der Waals surface area (Å²) in [5.74, 6) is 0.245. The fourth-order valence-corrected chi connectivity index (χ4v) is 3.71. The molecule has 0 aliphatic rings. The molecule has 2 aromatic heterocycles. The Morgan fingerprint density at radius 2 is 2.03 bits per heavy atom. The molecule has 2 heterocycles. The second-order valence-corrected chi connectivity index (χ2v) is 7.98. The average molecular weight is 418 g/mol. The number of aliphatic carboxylic acids is 1. The Hall–Kier alpha value is -3.45. The molecular formula is C24H26N4O3. The molecule has 4 aromatic rings. The zero-order chi connectivity index (χ0) is 22.0. The van der Waals surface area contributed by atoms with E-state index in [0.717, 1.165) is 27.6 Å². The van der Waals surface area contributed by atoms with Crippen LogP contribution in [0.4, 0.5) is 0 Å². The first-order valence-electron chi connectivity index (χ1n) is 10.4. The number of fused-ring (bicyclic) bond motifs is 1. The van der Waals surface area contributed by atoms with E-state index in [-0.39, 0.29) is 6.42 Å². The van der Waals surface area contributed by atoms with Gasteiger partial charge in [0.2, 0.25) is 5.82 Å². The number of benzene rings is 2. The van der Waals surface area contributed by atoms with Gasteiger partial charge in [-0.25, -0.2) is 0 Å². The van der Waals surface area contributed by atoms with E-state index < -0.39 is 5.97 Å². The van der Waals surface area contributed by atoms with Crippen molar-refractivity contribution in [2.45, 2.75) is 39.8 Å². The lowest BCUT2D eigenvalue weighted by molar-refractivity contribution is -0.136. The number of nitrogens with zero attached hydrogens (tertiary/aromatic N) is 3. The molecule has 2 aromatic carbocycles. The third-order valence-corrected chi connectivity index (χ3v) is 5.33.